The van der Waals surface area contributed by atoms with Gasteiger partial charge in [0.15, 0.2) is 0 Å². The molecule has 0 saturated heterocycles. The Morgan fingerprint density at radius 1 is 1.53 bits per heavy atom. The summed E-state index contributed by atoms with van der Waals surface area (Å²) in [6, 6.07) is 0. The Morgan fingerprint density at radius 3 is 2.33 bits per heavy atom. The molecule has 0 saturated carbocycles. The fourth-order valence-corrected chi connectivity index (χ4v) is 1.62. The molecule has 84 valence electrons. The van der Waals surface area contributed by atoms with Crippen LogP contribution in [0, 0.1) is 10.1 Å². The molecule has 0 fully saturated rings. The minimum absolute atomic E-state index is 0.0778. The van der Waals surface area contributed by atoms with Crippen LogP contribution in [0.4, 0.5) is 5.69 Å². The predicted octanol–water partition coefficient (Wildman–Crippen LogP) is 2.76. The maximum atomic E-state index is 10.9. The Hall–Kier alpha value is -1.10. The van der Waals surface area contributed by atoms with Crippen molar-refractivity contribution in [3.8, 4) is 0 Å². The molecule has 1 heterocycles. The zero-order chi connectivity index (χ0) is 11.8. The van der Waals surface area contributed by atoms with Crippen LogP contribution in [0.3, 0.4) is 0 Å². The second-order valence-electron chi connectivity index (χ2n) is 4.31. The molecule has 0 radical (unpaired) electrons. The van der Waals surface area contributed by atoms with Crippen molar-refractivity contribution in [2.45, 2.75) is 39.7 Å². The fraction of sp³-hybridized carbons (Fsp3) is 0.667. The summed E-state index contributed by atoms with van der Waals surface area (Å²) in [5, 5.41) is 15.2. The second-order valence-corrected chi connectivity index (χ2v) is 4.67. The van der Waals surface area contributed by atoms with E-state index in [4.69, 9.17) is 11.6 Å². The third-order valence-electron chi connectivity index (χ3n) is 2.06. The van der Waals surface area contributed by atoms with Crippen molar-refractivity contribution in [2.24, 2.45) is 0 Å². The number of aromatic nitrogens is 2. The van der Waals surface area contributed by atoms with Crippen molar-refractivity contribution < 1.29 is 4.92 Å². The van der Waals surface area contributed by atoms with Crippen LogP contribution in [0.5, 0.6) is 0 Å². The molecular weight excluding hydrogens is 218 g/mol. The average molecular weight is 232 g/mol. The van der Waals surface area contributed by atoms with Gasteiger partial charge in [0.2, 0.25) is 5.15 Å². The molecule has 0 N–H and O–H groups in total. The summed E-state index contributed by atoms with van der Waals surface area (Å²) in [6.07, 6.45) is 0. The largest absolute Gasteiger partial charge is 0.329 e. The number of aryl methyl sites for hydroxylation is 1. The van der Waals surface area contributed by atoms with Gasteiger partial charge in [0, 0.05) is 12.0 Å². The van der Waals surface area contributed by atoms with Gasteiger partial charge in [-0.15, -0.1) is 0 Å². The van der Waals surface area contributed by atoms with Gasteiger partial charge in [-0.3, -0.25) is 10.1 Å². The molecule has 0 aliphatic rings. The van der Waals surface area contributed by atoms with Crippen LogP contribution in [-0.4, -0.2) is 14.7 Å². The highest BCUT2D eigenvalue weighted by Gasteiger charge is 2.33. The Balaban J connectivity index is 3.45. The van der Waals surface area contributed by atoms with E-state index in [9.17, 15) is 10.1 Å². The molecule has 0 amide bonds. The molecule has 0 aliphatic heterocycles. The Labute approximate surface area is 93.2 Å². The van der Waals surface area contributed by atoms with Crippen LogP contribution in [0.25, 0.3) is 0 Å². The zero-order valence-electron chi connectivity index (χ0n) is 9.24. The quantitative estimate of drug-likeness (QED) is 0.581. The van der Waals surface area contributed by atoms with Crippen LogP contribution in [0.2, 0.25) is 5.15 Å². The number of halogens is 1. The summed E-state index contributed by atoms with van der Waals surface area (Å²) in [7, 11) is 0. The van der Waals surface area contributed by atoms with Gasteiger partial charge in [0.1, 0.15) is 5.69 Å². The van der Waals surface area contributed by atoms with E-state index in [1.807, 2.05) is 27.7 Å². The first-order chi connectivity index (χ1) is 6.79. The monoisotopic (exact) mass is 231 g/mol. The van der Waals surface area contributed by atoms with Crippen molar-refractivity contribution >= 4 is 17.3 Å². The number of nitrogens with zero attached hydrogens (tertiary/aromatic N) is 3. The third-order valence-corrected chi connectivity index (χ3v) is 2.43. The lowest BCUT2D eigenvalue weighted by molar-refractivity contribution is -0.385. The molecule has 0 aliphatic carbocycles. The second kappa shape index (κ2) is 3.81. The first kappa shape index (κ1) is 12.0. The lowest BCUT2D eigenvalue weighted by Gasteiger charge is -2.13. The molecular formula is C9H14ClN3O2. The van der Waals surface area contributed by atoms with Gasteiger partial charge in [-0.25, -0.2) is 4.68 Å². The summed E-state index contributed by atoms with van der Waals surface area (Å²) >= 11 is 5.89. The summed E-state index contributed by atoms with van der Waals surface area (Å²) in [6.45, 7) is 7.99. The van der Waals surface area contributed by atoms with Crippen LogP contribution in [0.15, 0.2) is 0 Å². The summed E-state index contributed by atoms with van der Waals surface area (Å²) < 4.78 is 1.44. The number of rotatable bonds is 2. The van der Waals surface area contributed by atoms with Crippen LogP contribution in [-0.2, 0) is 12.0 Å². The Bertz CT molecular complexity index is 393. The van der Waals surface area contributed by atoms with E-state index < -0.39 is 4.92 Å². The van der Waals surface area contributed by atoms with Gasteiger partial charge in [-0.05, 0) is 6.92 Å². The van der Waals surface area contributed by atoms with E-state index in [1.54, 1.807) is 0 Å². The average Bonchev–Trinajstić information content (AvgIpc) is 2.41. The lowest BCUT2D eigenvalue weighted by Crippen LogP contribution is -2.14. The standard InChI is InChI=1S/C9H14ClN3O2/c1-5-12-8(10)6(13(14)15)7(11-12)9(2,3)4/h5H2,1-4H3. The molecule has 5 nitrogen and oxygen atoms in total. The van der Waals surface area contributed by atoms with Crippen LogP contribution >= 0.6 is 11.6 Å². The SMILES string of the molecule is CCn1nc(C(C)(C)C)c([N+](=O)[O-])c1Cl. The number of hydrogen-bond donors (Lipinski definition) is 0. The number of hydrogen-bond acceptors (Lipinski definition) is 3. The molecule has 1 rings (SSSR count). The van der Waals surface area contributed by atoms with E-state index in [1.165, 1.54) is 4.68 Å². The number of nitro groups is 1. The van der Waals surface area contributed by atoms with Crippen LogP contribution < -0.4 is 0 Å². The van der Waals surface area contributed by atoms with Crippen molar-refractivity contribution in [2.75, 3.05) is 0 Å². The van der Waals surface area contributed by atoms with Crippen molar-refractivity contribution in [1.29, 1.82) is 0 Å². The molecule has 0 aromatic carbocycles. The van der Waals surface area contributed by atoms with Gasteiger partial charge >= 0.3 is 5.69 Å². The molecule has 0 spiro atoms. The van der Waals surface area contributed by atoms with Gasteiger partial charge in [0.05, 0.1) is 4.92 Å². The topological polar surface area (TPSA) is 61.0 Å². The first-order valence-corrected chi connectivity index (χ1v) is 5.08. The highest BCUT2D eigenvalue weighted by molar-refractivity contribution is 6.31. The van der Waals surface area contributed by atoms with Gasteiger partial charge < -0.3 is 0 Å². The maximum Gasteiger partial charge on any atom is 0.329 e. The lowest BCUT2D eigenvalue weighted by atomic mass is 9.91. The van der Waals surface area contributed by atoms with Crippen molar-refractivity contribution in [3.05, 3.63) is 21.0 Å². The van der Waals surface area contributed by atoms with Gasteiger partial charge in [-0.1, -0.05) is 32.4 Å². The first-order valence-electron chi connectivity index (χ1n) is 4.70. The Morgan fingerprint density at radius 2 is 2.07 bits per heavy atom. The normalized spacial score (nSPS) is 11.8. The Kier molecular flexibility index (Phi) is 3.04. The van der Waals surface area contributed by atoms with E-state index in [-0.39, 0.29) is 16.3 Å². The predicted molar refractivity (Wildman–Crippen MR) is 58.3 cm³/mol. The van der Waals surface area contributed by atoms with Crippen LogP contribution in [0.1, 0.15) is 33.4 Å². The molecule has 6 heteroatoms. The third kappa shape index (κ3) is 2.12. The van der Waals surface area contributed by atoms with Crippen molar-refractivity contribution in [3.63, 3.8) is 0 Å². The van der Waals surface area contributed by atoms with Gasteiger partial charge in [0.25, 0.3) is 0 Å². The molecule has 0 bridgehead atoms. The minimum atomic E-state index is -0.470. The highest BCUT2D eigenvalue weighted by Crippen LogP contribution is 2.35. The molecule has 0 unspecified atom stereocenters. The highest BCUT2D eigenvalue weighted by atomic mass is 35.5. The summed E-state index contributed by atoms with van der Waals surface area (Å²) in [5.41, 5.74) is -0.0303. The van der Waals surface area contributed by atoms with E-state index >= 15 is 0 Å². The fourth-order valence-electron chi connectivity index (χ4n) is 1.31. The van der Waals surface area contributed by atoms with E-state index in [0.29, 0.717) is 12.2 Å². The van der Waals surface area contributed by atoms with Crippen molar-refractivity contribution in [1.82, 2.24) is 9.78 Å². The minimum Gasteiger partial charge on any atom is -0.258 e. The van der Waals surface area contributed by atoms with E-state index in [0.717, 1.165) is 0 Å². The summed E-state index contributed by atoms with van der Waals surface area (Å²) in [5.74, 6) is 0. The molecule has 15 heavy (non-hydrogen) atoms. The summed E-state index contributed by atoms with van der Waals surface area (Å²) in [4.78, 5) is 10.4. The molecule has 0 atom stereocenters. The zero-order valence-corrected chi connectivity index (χ0v) is 10.00. The molecule has 1 aromatic heterocycles. The smallest absolute Gasteiger partial charge is 0.258 e. The molecule has 1 aromatic rings. The van der Waals surface area contributed by atoms with E-state index in [2.05, 4.69) is 5.10 Å². The maximum absolute atomic E-state index is 10.9. The van der Waals surface area contributed by atoms with Gasteiger partial charge in [-0.2, -0.15) is 5.10 Å².